The van der Waals surface area contributed by atoms with Crippen LogP contribution in [0, 0.1) is 12.8 Å². The van der Waals surface area contributed by atoms with Crippen molar-refractivity contribution in [3.05, 3.63) is 46.7 Å². The molecule has 2 aromatic rings. The van der Waals surface area contributed by atoms with Gasteiger partial charge in [-0.25, -0.2) is 8.42 Å². The quantitative estimate of drug-likeness (QED) is 0.738. The predicted molar refractivity (Wildman–Crippen MR) is 107 cm³/mol. The monoisotopic (exact) mass is 424 g/mol. The lowest BCUT2D eigenvalue weighted by Crippen LogP contribution is -2.43. The number of carbonyl (C=O) groups excluding carboxylic acids is 1. The van der Waals surface area contributed by atoms with E-state index >= 15 is 0 Å². The first-order valence-electron chi connectivity index (χ1n) is 9.18. The summed E-state index contributed by atoms with van der Waals surface area (Å²) in [6.07, 6.45) is 2.81. The SMILES string of the molecule is Cc1c(CN(C)C(=O)C2CCN(S(=O)(=O)c3ccc(Cl)cc3)CC2)cnn1C. The summed E-state index contributed by atoms with van der Waals surface area (Å²) >= 11 is 5.84. The first-order chi connectivity index (χ1) is 13.2. The molecule has 0 saturated carbocycles. The van der Waals surface area contributed by atoms with Crippen molar-refractivity contribution in [2.45, 2.75) is 31.2 Å². The molecule has 7 nitrogen and oxygen atoms in total. The van der Waals surface area contributed by atoms with Crippen LogP contribution >= 0.6 is 11.6 Å². The van der Waals surface area contributed by atoms with E-state index in [0.29, 0.717) is 37.5 Å². The largest absolute Gasteiger partial charge is 0.341 e. The molecule has 1 aliphatic rings. The minimum Gasteiger partial charge on any atom is -0.341 e. The van der Waals surface area contributed by atoms with E-state index in [2.05, 4.69) is 5.10 Å². The van der Waals surface area contributed by atoms with Gasteiger partial charge in [0.05, 0.1) is 11.1 Å². The number of rotatable bonds is 5. The molecule has 0 spiro atoms. The van der Waals surface area contributed by atoms with Crippen LogP contribution in [0.15, 0.2) is 35.4 Å². The third kappa shape index (κ3) is 4.24. The maximum atomic E-state index is 12.8. The molecule has 0 aliphatic carbocycles. The summed E-state index contributed by atoms with van der Waals surface area (Å²) in [5.74, 6) is -0.120. The predicted octanol–water partition coefficient (Wildman–Crippen LogP) is 2.44. The molecule has 1 amide bonds. The Morgan fingerprint density at radius 3 is 2.39 bits per heavy atom. The fourth-order valence-corrected chi connectivity index (χ4v) is 5.04. The number of sulfonamides is 1. The topological polar surface area (TPSA) is 75.5 Å². The van der Waals surface area contributed by atoms with Gasteiger partial charge in [-0.2, -0.15) is 9.40 Å². The number of aryl methyl sites for hydroxylation is 1. The van der Waals surface area contributed by atoms with Gasteiger partial charge in [0.25, 0.3) is 0 Å². The zero-order valence-electron chi connectivity index (χ0n) is 16.3. The number of amides is 1. The van der Waals surface area contributed by atoms with Gasteiger partial charge in [0, 0.05) is 55.9 Å². The van der Waals surface area contributed by atoms with Gasteiger partial charge in [-0.05, 0) is 44.0 Å². The Morgan fingerprint density at radius 2 is 1.86 bits per heavy atom. The van der Waals surface area contributed by atoms with Crippen molar-refractivity contribution in [2.24, 2.45) is 13.0 Å². The van der Waals surface area contributed by atoms with Crippen molar-refractivity contribution >= 4 is 27.5 Å². The van der Waals surface area contributed by atoms with E-state index < -0.39 is 10.0 Å². The van der Waals surface area contributed by atoms with Crippen LogP contribution in [0.3, 0.4) is 0 Å². The van der Waals surface area contributed by atoms with Crippen LogP contribution in [0.4, 0.5) is 0 Å². The number of hydrogen-bond acceptors (Lipinski definition) is 4. The Morgan fingerprint density at radius 1 is 1.25 bits per heavy atom. The van der Waals surface area contributed by atoms with Crippen LogP contribution in [-0.4, -0.2) is 53.4 Å². The fraction of sp³-hybridized carbons (Fsp3) is 0.474. The molecule has 9 heteroatoms. The molecule has 28 heavy (non-hydrogen) atoms. The van der Waals surface area contributed by atoms with Crippen molar-refractivity contribution in [3.8, 4) is 0 Å². The van der Waals surface area contributed by atoms with E-state index in [0.717, 1.165) is 11.3 Å². The molecule has 0 radical (unpaired) electrons. The summed E-state index contributed by atoms with van der Waals surface area (Å²) in [7, 11) is 0.0950. The summed E-state index contributed by atoms with van der Waals surface area (Å²) in [5.41, 5.74) is 2.05. The van der Waals surface area contributed by atoms with Gasteiger partial charge in [0.15, 0.2) is 0 Å². The van der Waals surface area contributed by atoms with Crippen LogP contribution in [0.2, 0.25) is 5.02 Å². The van der Waals surface area contributed by atoms with Crippen LogP contribution < -0.4 is 0 Å². The highest BCUT2D eigenvalue weighted by atomic mass is 35.5. The number of halogens is 1. The number of hydrogen-bond donors (Lipinski definition) is 0. The first-order valence-corrected chi connectivity index (χ1v) is 11.0. The van der Waals surface area contributed by atoms with Gasteiger partial charge in [-0.3, -0.25) is 9.48 Å². The maximum absolute atomic E-state index is 12.8. The molecule has 2 heterocycles. The molecule has 152 valence electrons. The third-order valence-corrected chi connectivity index (χ3v) is 7.54. The molecule has 0 atom stereocenters. The normalized spacial score (nSPS) is 16.3. The number of benzene rings is 1. The van der Waals surface area contributed by atoms with Gasteiger partial charge in [0.1, 0.15) is 0 Å². The van der Waals surface area contributed by atoms with Gasteiger partial charge < -0.3 is 4.90 Å². The number of piperidine rings is 1. The van der Waals surface area contributed by atoms with E-state index in [-0.39, 0.29) is 16.7 Å². The van der Waals surface area contributed by atoms with E-state index in [1.807, 2.05) is 14.0 Å². The highest BCUT2D eigenvalue weighted by molar-refractivity contribution is 7.89. The summed E-state index contributed by atoms with van der Waals surface area (Å²) in [6.45, 7) is 3.14. The summed E-state index contributed by atoms with van der Waals surface area (Å²) < 4.78 is 28.8. The average molecular weight is 425 g/mol. The van der Waals surface area contributed by atoms with Gasteiger partial charge in [-0.1, -0.05) is 11.6 Å². The second-order valence-electron chi connectivity index (χ2n) is 7.21. The van der Waals surface area contributed by atoms with E-state index in [1.165, 1.54) is 16.4 Å². The highest BCUT2D eigenvalue weighted by Crippen LogP contribution is 2.26. The van der Waals surface area contributed by atoms with Crippen molar-refractivity contribution in [3.63, 3.8) is 0 Å². The Bertz CT molecular complexity index is 948. The third-order valence-electron chi connectivity index (χ3n) is 5.38. The molecular weight excluding hydrogens is 400 g/mol. The Kier molecular flexibility index (Phi) is 6.12. The van der Waals surface area contributed by atoms with Gasteiger partial charge in [0.2, 0.25) is 15.9 Å². The van der Waals surface area contributed by atoms with Crippen molar-refractivity contribution < 1.29 is 13.2 Å². The molecule has 3 rings (SSSR count). The second-order valence-corrected chi connectivity index (χ2v) is 9.58. The molecule has 0 unspecified atom stereocenters. The minimum absolute atomic E-state index is 0.0480. The molecule has 1 aromatic carbocycles. The highest BCUT2D eigenvalue weighted by Gasteiger charge is 2.33. The minimum atomic E-state index is -3.56. The van der Waals surface area contributed by atoms with E-state index in [1.54, 1.807) is 35.0 Å². The number of aromatic nitrogens is 2. The zero-order valence-corrected chi connectivity index (χ0v) is 17.9. The average Bonchev–Trinajstić information content (AvgIpc) is 3.00. The lowest BCUT2D eigenvalue weighted by molar-refractivity contribution is -0.135. The van der Waals surface area contributed by atoms with Crippen LogP contribution in [0.25, 0.3) is 0 Å². The lowest BCUT2D eigenvalue weighted by Gasteiger charge is -2.32. The standard InChI is InChI=1S/C19H25ClN4O3S/c1-14-16(12-21-23(14)3)13-22(2)19(25)15-8-10-24(11-9-15)28(26,27)18-6-4-17(20)5-7-18/h4-7,12,15H,8-11,13H2,1-3H3. The van der Waals surface area contributed by atoms with Crippen molar-refractivity contribution in [2.75, 3.05) is 20.1 Å². The van der Waals surface area contributed by atoms with Gasteiger partial charge >= 0.3 is 0 Å². The first kappa shape index (κ1) is 20.8. The van der Waals surface area contributed by atoms with Crippen LogP contribution in [0.5, 0.6) is 0 Å². The smallest absolute Gasteiger partial charge is 0.243 e. The number of carbonyl (C=O) groups is 1. The van der Waals surface area contributed by atoms with Gasteiger partial charge in [-0.15, -0.1) is 0 Å². The van der Waals surface area contributed by atoms with Crippen LogP contribution in [0.1, 0.15) is 24.1 Å². The molecule has 1 aliphatic heterocycles. The Labute approximate surface area is 170 Å². The van der Waals surface area contributed by atoms with Crippen molar-refractivity contribution in [1.82, 2.24) is 19.0 Å². The summed E-state index contributed by atoms with van der Waals surface area (Å²) in [5, 5.41) is 4.70. The van der Waals surface area contributed by atoms with E-state index in [9.17, 15) is 13.2 Å². The summed E-state index contributed by atoms with van der Waals surface area (Å²) in [6, 6.07) is 6.16. The molecule has 0 N–H and O–H groups in total. The number of nitrogens with zero attached hydrogens (tertiary/aromatic N) is 4. The second kappa shape index (κ2) is 8.23. The molecular formula is C19H25ClN4O3S. The molecule has 1 aromatic heterocycles. The fourth-order valence-electron chi connectivity index (χ4n) is 3.44. The zero-order chi connectivity index (χ0) is 20.5. The van der Waals surface area contributed by atoms with Crippen molar-refractivity contribution in [1.29, 1.82) is 0 Å². The van der Waals surface area contributed by atoms with E-state index in [4.69, 9.17) is 11.6 Å². The molecule has 1 saturated heterocycles. The molecule has 0 bridgehead atoms. The van der Waals surface area contributed by atoms with Crippen LogP contribution in [-0.2, 0) is 28.4 Å². The lowest BCUT2D eigenvalue weighted by atomic mass is 9.96. The summed E-state index contributed by atoms with van der Waals surface area (Å²) in [4.78, 5) is 14.7. The maximum Gasteiger partial charge on any atom is 0.243 e. The Hall–Kier alpha value is -1.90. The Balaban J connectivity index is 1.60. The molecule has 1 fully saturated rings.